The molecule has 1 N–H and O–H groups in total. The maximum absolute atomic E-state index is 12.3. The van der Waals surface area contributed by atoms with Crippen LogP contribution in [-0.4, -0.2) is 26.4 Å². The van der Waals surface area contributed by atoms with Crippen LogP contribution in [0.5, 0.6) is 0 Å². The molecule has 0 fully saturated rings. The zero-order valence-electron chi connectivity index (χ0n) is 13.8. The average Bonchev–Trinajstić information content (AvgIpc) is 2.97. The van der Waals surface area contributed by atoms with Gasteiger partial charge in [0.25, 0.3) is 0 Å². The number of thioether (sulfide) groups is 1. The molecule has 140 valence electrons. The van der Waals surface area contributed by atoms with Crippen LogP contribution in [0.1, 0.15) is 0 Å². The Morgan fingerprint density at radius 2 is 1.74 bits per heavy atom. The lowest BCUT2D eigenvalue weighted by Gasteiger charge is -2.10. The summed E-state index contributed by atoms with van der Waals surface area (Å²) in [5, 5.41) is 13.1. The van der Waals surface area contributed by atoms with Crippen molar-refractivity contribution in [1.29, 1.82) is 0 Å². The molecule has 0 atom stereocenters. The number of benzene rings is 2. The Hall–Kier alpha value is -1.44. The highest BCUT2D eigenvalue weighted by atomic mass is 35.5. The lowest BCUT2D eigenvalue weighted by Crippen LogP contribution is -2.15. The monoisotopic (exact) mass is 460 g/mol. The number of amides is 1. The standard InChI is InChI=1S/C17H12Cl4N4OS/c1-25-16(10-4-2-3-5-11(10)19)23-24-17(25)27-8-14(26)22-15-12(20)6-9(18)7-13(15)21/h2-7H,8H2,1H3,(H,22,26). The number of aromatic nitrogens is 3. The van der Waals surface area contributed by atoms with Gasteiger partial charge in [0.1, 0.15) is 0 Å². The summed E-state index contributed by atoms with van der Waals surface area (Å²) in [6, 6.07) is 10.4. The Morgan fingerprint density at radius 1 is 1.07 bits per heavy atom. The molecule has 0 saturated carbocycles. The Balaban J connectivity index is 1.69. The predicted molar refractivity (Wildman–Crippen MR) is 112 cm³/mol. The van der Waals surface area contributed by atoms with E-state index >= 15 is 0 Å². The van der Waals surface area contributed by atoms with Crippen molar-refractivity contribution in [2.24, 2.45) is 7.05 Å². The predicted octanol–water partition coefficient (Wildman–Crippen LogP) is 5.83. The smallest absolute Gasteiger partial charge is 0.234 e. The van der Waals surface area contributed by atoms with Gasteiger partial charge in [-0.1, -0.05) is 70.3 Å². The SMILES string of the molecule is Cn1c(SCC(=O)Nc2c(Cl)cc(Cl)cc2Cl)nnc1-c1ccccc1Cl. The number of nitrogens with zero attached hydrogens (tertiary/aromatic N) is 3. The number of halogens is 4. The Bertz CT molecular complexity index is 985. The molecule has 1 aromatic heterocycles. The molecule has 0 unspecified atom stereocenters. The summed E-state index contributed by atoms with van der Waals surface area (Å²) < 4.78 is 1.78. The molecule has 27 heavy (non-hydrogen) atoms. The zero-order chi connectivity index (χ0) is 19.6. The van der Waals surface area contributed by atoms with Crippen LogP contribution in [0, 0.1) is 0 Å². The summed E-state index contributed by atoms with van der Waals surface area (Å²) in [7, 11) is 1.81. The van der Waals surface area contributed by atoms with Crippen molar-refractivity contribution in [3.63, 3.8) is 0 Å². The fraction of sp³-hybridized carbons (Fsp3) is 0.118. The maximum atomic E-state index is 12.3. The molecular formula is C17H12Cl4N4OS. The van der Waals surface area contributed by atoms with Crippen LogP contribution in [-0.2, 0) is 11.8 Å². The molecule has 10 heteroatoms. The van der Waals surface area contributed by atoms with Crippen LogP contribution in [0.15, 0.2) is 41.6 Å². The topological polar surface area (TPSA) is 59.8 Å². The molecule has 0 aliphatic rings. The van der Waals surface area contributed by atoms with Gasteiger partial charge in [-0.15, -0.1) is 10.2 Å². The molecule has 0 radical (unpaired) electrons. The molecule has 5 nitrogen and oxygen atoms in total. The minimum atomic E-state index is -0.284. The van der Waals surface area contributed by atoms with Gasteiger partial charge in [0.2, 0.25) is 5.91 Å². The van der Waals surface area contributed by atoms with E-state index in [4.69, 9.17) is 46.4 Å². The Labute approximate surface area is 180 Å². The normalized spacial score (nSPS) is 10.9. The van der Waals surface area contributed by atoms with E-state index in [-0.39, 0.29) is 21.7 Å². The number of rotatable bonds is 5. The summed E-state index contributed by atoms with van der Waals surface area (Å²) in [6.07, 6.45) is 0. The van der Waals surface area contributed by atoms with Crippen molar-refractivity contribution in [2.75, 3.05) is 11.1 Å². The van der Waals surface area contributed by atoms with Gasteiger partial charge in [-0.3, -0.25) is 4.79 Å². The molecule has 0 aliphatic heterocycles. The van der Waals surface area contributed by atoms with E-state index in [2.05, 4.69) is 15.5 Å². The summed E-state index contributed by atoms with van der Waals surface area (Å²) in [5.41, 5.74) is 1.09. The number of hydrogen-bond acceptors (Lipinski definition) is 4. The lowest BCUT2D eigenvalue weighted by molar-refractivity contribution is -0.113. The minimum absolute atomic E-state index is 0.101. The van der Waals surface area contributed by atoms with E-state index in [0.29, 0.717) is 26.7 Å². The third-order valence-corrected chi connectivity index (χ3v) is 5.72. The van der Waals surface area contributed by atoms with Crippen LogP contribution in [0.4, 0.5) is 5.69 Å². The Kier molecular flexibility index (Phi) is 6.55. The average molecular weight is 462 g/mol. The third-order valence-electron chi connectivity index (χ3n) is 3.55. The van der Waals surface area contributed by atoms with E-state index in [1.165, 1.54) is 23.9 Å². The molecule has 1 amide bonds. The van der Waals surface area contributed by atoms with Crippen LogP contribution < -0.4 is 5.32 Å². The molecule has 2 aromatic carbocycles. The highest BCUT2D eigenvalue weighted by Crippen LogP contribution is 2.34. The van der Waals surface area contributed by atoms with Gasteiger partial charge in [-0.25, -0.2) is 0 Å². The van der Waals surface area contributed by atoms with Gasteiger partial charge in [-0.2, -0.15) is 0 Å². The number of anilines is 1. The summed E-state index contributed by atoms with van der Waals surface area (Å²) in [6.45, 7) is 0. The van der Waals surface area contributed by atoms with E-state index in [1.54, 1.807) is 10.6 Å². The van der Waals surface area contributed by atoms with Crippen molar-refractivity contribution in [1.82, 2.24) is 14.8 Å². The summed E-state index contributed by atoms with van der Waals surface area (Å²) >= 11 is 25.5. The molecule has 3 aromatic rings. The van der Waals surface area contributed by atoms with E-state index in [0.717, 1.165) is 5.56 Å². The van der Waals surface area contributed by atoms with Crippen LogP contribution in [0.2, 0.25) is 20.1 Å². The number of carbonyl (C=O) groups excluding carboxylic acids is 1. The minimum Gasteiger partial charge on any atom is -0.323 e. The van der Waals surface area contributed by atoms with Gasteiger partial charge in [0, 0.05) is 17.6 Å². The highest BCUT2D eigenvalue weighted by molar-refractivity contribution is 7.99. The second kappa shape index (κ2) is 8.71. The van der Waals surface area contributed by atoms with Gasteiger partial charge >= 0.3 is 0 Å². The number of carbonyl (C=O) groups is 1. The molecular weight excluding hydrogens is 450 g/mol. The van der Waals surface area contributed by atoms with E-state index in [9.17, 15) is 4.79 Å². The lowest BCUT2D eigenvalue weighted by atomic mass is 10.2. The highest BCUT2D eigenvalue weighted by Gasteiger charge is 2.16. The van der Waals surface area contributed by atoms with Crippen molar-refractivity contribution in [3.05, 3.63) is 56.5 Å². The molecule has 3 rings (SSSR count). The quantitative estimate of drug-likeness (QED) is 0.485. The van der Waals surface area contributed by atoms with Gasteiger partial charge in [0.05, 0.1) is 26.5 Å². The summed E-state index contributed by atoms with van der Waals surface area (Å²) in [4.78, 5) is 12.3. The van der Waals surface area contributed by atoms with Crippen molar-refractivity contribution < 1.29 is 4.79 Å². The van der Waals surface area contributed by atoms with Crippen LogP contribution in [0.25, 0.3) is 11.4 Å². The fourth-order valence-electron chi connectivity index (χ4n) is 2.28. The van der Waals surface area contributed by atoms with Gasteiger partial charge < -0.3 is 9.88 Å². The molecule has 0 spiro atoms. The first-order valence-corrected chi connectivity index (χ1v) is 10.1. The first-order valence-electron chi connectivity index (χ1n) is 7.58. The van der Waals surface area contributed by atoms with Crippen molar-refractivity contribution in [3.8, 4) is 11.4 Å². The molecule has 1 heterocycles. The summed E-state index contributed by atoms with van der Waals surface area (Å²) in [5.74, 6) is 0.435. The first-order chi connectivity index (χ1) is 12.9. The van der Waals surface area contributed by atoms with E-state index in [1.807, 2.05) is 25.2 Å². The molecule has 0 saturated heterocycles. The van der Waals surface area contributed by atoms with Gasteiger partial charge in [0.15, 0.2) is 11.0 Å². The van der Waals surface area contributed by atoms with E-state index < -0.39 is 0 Å². The maximum Gasteiger partial charge on any atom is 0.234 e. The van der Waals surface area contributed by atoms with Crippen molar-refractivity contribution >= 4 is 69.8 Å². The van der Waals surface area contributed by atoms with Gasteiger partial charge in [-0.05, 0) is 24.3 Å². The molecule has 0 bridgehead atoms. The second-order valence-corrected chi connectivity index (χ2v) is 8.03. The number of nitrogens with one attached hydrogen (secondary N) is 1. The van der Waals surface area contributed by atoms with Crippen LogP contribution >= 0.6 is 58.2 Å². The third kappa shape index (κ3) is 4.70. The molecule has 0 aliphatic carbocycles. The van der Waals surface area contributed by atoms with Crippen LogP contribution in [0.3, 0.4) is 0 Å². The second-order valence-electron chi connectivity index (χ2n) is 5.43. The van der Waals surface area contributed by atoms with Crippen molar-refractivity contribution in [2.45, 2.75) is 5.16 Å². The largest absolute Gasteiger partial charge is 0.323 e. The number of hydrogen-bond donors (Lipinski definition) is 1. The first kappa shape index (κ1) is 20.3. The zero-order valence-corrected chi connectivity index (χ0v) is 17.7. The Morgan fingerprint density at radius 3 is 2.41 bits per heavy atom. The fourth-order valence-corrected chi connectivity index (χ4v) is 4.13.